The van der Waals surface area contributed by atoms with Gasteiger partial charge in [-0.3, -0.25) is 4.90 Å². The second kappa shape index (κ2) is 7.65. The van der Waals surface area contributed by atoms with Gasteiger partial charge < -0.3 is 10.1 Å². The van der Waals surface area contributed by atoms with E-state index in [9.17, 15) is 0 Å². The van der Waals surface area contributed by atoms with Crippen LogP contribution in [0.1, 0.15) is 43.4 Å². The quantitative estimate of drug-likeness (QED) is 0.864. The molecule has 0 spiro atoms. The van der Waals surface area contributed by atoms with Crippen LogP contribution in [0.15, 0.2) is 18.2 Å². The zero-order valence-electron chi connectivity index (χ0n) is 13.1. The fourth-order valence-electron chi connectivity index (χ4n) is 3.06. The molecular weight excluding hydrogens is 248 g/mol. The number of hydrogen-bond acceptors (Lipinski definition) is 3. The van der Waals surface area contributed by atoms with E-state index >= 15 is 0 Å². The van der Waals surface area contributed by atoms with E-state index in [2.05, 4.69) is 42.3 Å². The maximum absolute atomic E-state index is 5.38. The van der Waals surface area contributed by atoms with Crippen LogP contribution in [0.2, 0.25) is 0 Å². The van der Waals surface area contributed by atoms with Gasteiger partial charge in [-0.15, -0.1) is 0 Å². The highest BCUT2D eigenvalue weighted by Crippen LogP contribution is 2.30. The molecule has 1 aliphatic heterocycles. The second-order valence-electron chi connectivity index (χ2n) is 5.67. The van der Waals surface area contributed by atoms with Gasteiger partial charge in [0.1, 0.15) is 5.75 Å². The first-order valence-corrected chi connectivity index (χ1v) is 7.85. The van der Waals surface area contributed by atoms with Crippen LogP contribution < -0.4 is 10.1 Å². The van der Waals surface area contributed by atoms with Crippen molar-refractivity contribution >= 4 is 0 Å². The van der Waals surface area contributed by atoms with E-state index in [0.29, 0.717) is 6.04 Å². The summed E-state index contributed by atoms with van der Waals surface area (Å²) in [5.41, 5.74) is 2.68. The molecule has 112 valence electrons. The topological polar surface area (TPSA) is 24.5 Å². The Kier molecular flexibility index (Phi) is 5.86. The molecule has 1 aromatic rings. The van der Waals surface area contributed by atoms with Gasteiger partial charge >= 0.3 is 0 Å². The van der Waals surface area contributed by atoms with Crippen molar-refractivity contribution in [2.75, 3.05) is 33.3 Å². The van der Waals surface area contributed by atoms with E-state index in [1.165, 1.54) is 30.4 Å². The highest BCUT2D eigenvalue weighted by molar-refractivity contribution is 5.37. The third-order valence-electron chi connectivity index (χ3n) is 4.23. The summed E-state index contributed by atoms with van der Waals surface area (Å²) in [5, 5.41) is 3.45. The van der Waals surface area contributed by atoms with Crippen molar-refractivity contribution in [1.82, 2.24) is 10.2 Å². The van der Waals surface area contributed by atoms with Gasteiger partial charge in [0.25, 0.3) is 0 Å². The van der Waals surface area contributed by atoms with Gasteiger partial charge in [0, 0.05) is 32.2 Å². The summed E-state index contributed by atoms with van der Waals surface area (Å²) >= 11 is 0. The zero-order valence-corrected chi connectivity index (χ0v) is 13.1. The first-order valence-electron chi connectivity index (χ1n) is 7.85. The van der Waals surface area contributed by atoms with Crippen molar-refractivity contribution in [1.29, 1.82) is 0 Å². The summed E-state index contributed by atoms with van der Waals surface area (Å²) in [6.07, 6.45) is 3.81. The van der Waals surface area contributed by atoms with E-state index in [1.807, 2.05) is 0 Å². The Hall–Kier alpha value is -1.06. The number of hydrogen-bond donors (Lipinski definition) is 1. The predicted octanol–water partition coefficient (Wildman–Crippen LogP) is 3.14. The van der Waals surface area contributed by atoms with Crippen LogP contribution in [-0.2, 0) is 0 Å². The Morgan fingerprint density at radius 3 is 2.65 bits per heavy atom. The molecule has 1 heterocycles. The summed E-state index contributed by atoms with van der Waals surface area (Å²) in [5.74, 6) is 0.989. The average molecular weight is 276 g/mol. The second-order valence-corrected chi connectivity index (χ2v) is 5.67. The molecule has 20 heavy (non-hydrogen) atoms. The molecule has 3 nitrogen and oxygen atoms in total. The van der Waals surface area contributed by atoms with Crippen LogP contribution >= 0.6 is 0 Å². The fourth-order valence-corrected chi connectivity index (χ4v) is 3.06. The van der Waals surface area contributed by atoms with E-state index in [0.717, 1.165) is 31.9 Å². The summed E-state index contributed by atoms with van der Waals surface area (Å²) in [6.45, 7) is 8.93. The van der Waals surface area contributed by atoms with Crippen molar-refractivity contribution in [2.45, 2.75) is 39.2 Å². The van der Waals surface area contributed by atoms with Gasteiger partial charge in [-0.25, -0.2) is 0 Å². The third kappa shape index (κ3) is 3.74. The first-order chi connectivity index (χ1) is 9.76. The van der Waals surface area contributed by atoms with E-state index in [-0.39, 0.29) is 0 Å². The Balaban J connectivity index is 2.18. The fraction of sp³-hybridized carbons (Fsp3) is 0.647. The zero-order chi connectivity index (χ0) is 14.4. The number of piperazine rings is 1. The van der Waals surface area contributed by atoms with Gasteiger partial charge in [0.2, 0.25) is 0 Å². The largest absolute Gasteiger partial charge is 0.496 e. The van der Waals surface area contributed by atoms with Gasteiger partial charge in [-0.1, -0.05) is 31.9 Å². The van der Waals surface area contributed by atoms with Crippen LogP contribution in [-0.4, -0.2) is 38.2 Å². The Morgan fingerprint density at radius 2 is 2.05 bits per heavy atom. The van der Waals surface area contributed by atoms with E-state index in [4.69, 9.17) is 4.74 Å². The average Bonchev–Trinajstić information content (AvgIpc) is 2.49. The molecule has 1 fully saturated rings. The Morgan fingerprint density at radius 1 is 1.30 bits per heavy atom. The maximum Gasteiger partial charge on any atom is 0.121 e. The number of ether oxygens (including phenoxy) is 1. The van der Waals surface area contributed by atoms with Gasteiger partial charge in [-0.05, 0) is 30.5 Å². The molecule has 0 radical (unpaired) electrons. The minimum atomic E-state index is 0.557. The van der Waals surface area contributed by atoms with E-state index in [1.54, 1.807) is 7.11 Å². The Labute approximate surface area is 123 Å². The molecule has 0 amide bonds. The van der Waals surface area contributed by atoms with Crippen molar-refractivity contribution in [3.05, 3.63) is 29.3 Å². The molecule has 3 heteroatoms. The minimum Gasteiger partial charge on any atom is -0.496 e. The number of unbranched alkanes of at least 4 members (excludes halogenated alkanes) is 1. The van der Waals surface area contributed by atoms with Crippen LogP contribution in [0, 0.1) is 6.92 Å². The lowest BCUT2D eigenvalue weighted by molar-refractivity contribution is 0.163. The molecule has 2 rings (SSSR count). The third-order valence-corrected chi connectivity index (χ3v) is 4.23. The Bertz CT molecular complexity index is 413. The molecule has 0 aromatic heterocycles. The normalized spacial score (nSPS) is 17.9. The molecule has 0 unspecified atom stereocenters. The van der Waals surface area contributed by atoms with Crippen LogP contribution in [0.3, 0.4) is 0 Å². The molecule has 1 aromatic carbocycles. The monoisotopic (exact) mass is 276 g/mol. The first kappa shape index (κ1) is 15.3. The van der Waals surface area contributed by atoms with Crippen LogP contribution in [0.25, 0.3) is 0 Å². The molecule has 1 atom stereocenters. The maximum atomic E-state index is 5.38. The predicted molar refractivity (Wildman–Crippen MR) is 84.4 cm³/mol. The van der Waals surface area contributed by atoms with Crippen LogP contribution in [0.4, 0.5) is 0 Å². The summed E-state index contributed by atoms with van der Waals surface area (Å²) in [4.78, 5) is 2.63. The SMILES string of the molecule is CCCC[C@@H](c1ccc(OC)c(C)c1)N1CCNCC1. The van der Waals surface area contributed by atoms with Gasteiger partial charge in [0.05, 0.1) is 7.11 Å². The number of aryl methyl sites for hydroxylation is 1. The highest BCUT2D eigenvalue weighted by Gasteiger charge is 2.22. The molecule has 1 saturated heterocycles. The lowest BCUT2D eigenvalue weighted by atomic mass is 9.97. The van der Waals surface area contributed by atoms with Crippen molar-refractivity contribution in [3.8, 4) is 5.75 Å². The molecule has 1 N–H and O–H groups in total. The molecule has 1 aliphatic rings. The highest BCUT2D eigenvalue weighted by atomic mass is 16.5. The summed E-state index contributed by atoms with van der Waals surface area (Å²) < 4.78 is 5.38. The van der Waals surface area contributed by atoms with E-state index < -0.39 is 0 Å². The molecular formula is C17H28N2O. The smallest absolute Gasteiger partial charge is 0.121 e. The minimum absolute atomic E-state index is 0.557. The molecule has 0 aliphatic carbocycles. The number of nitrogens with zero attached hydrogens (tertiary/aromatic N) is 1. The summed E-state index contributed by atoms with van der Waals surface area (Å²) in [6, 6.07) is 7.22. The van der Waals surface area contributed by atoms with Crippen LogP contribution in [0.5, 0.6) is 5.75 Å². The number of rotatable bonds is 6. The van der Waals surface area contributed by atoms with Crippen molar-refractivity contribution in [2.24, 2.45) is 0 Å². The standard InChI is InChI=1S/C17H28N2O/c1-4-5-6-16(19-11-9-18-10-12-19)15-7-8-17(20-3)14(2)13-15/h7-8,13,16,18H,4-6,9-12H2,1-3H3/t16-/m0/s1. The molecule has 0 saturated carbocycles. The molecule has 0 bridgehead atoms. The van der Waals surface area contributed by atoms with Gasteiger partial charge in [-0.2, -0.15) is 0 Å². The number of benzene rings is 1. The number of methoxy groups -OCH3 is 1. The van der Waals surface area contributed by atoms with Crippen molar-refractivity contribution < 1.29 is 4.74 Å². The summed E-state index contributed by atoms with van der Waals surface area (Å²) in [7, 11) is 1.74. The number of nitrogens with one attached hydrogen (secondary N) is 1. The van der Waals surface area contributed by atoms with Crippen molar-refractivity contribution in [3.63, 3.8) is 0 Å². The lowest BCUT2D eigenvalue weighted by Crippen LogP contribution is -2.45. The van der Waals surface area contributed by atoms with Gasteiger partial charge in [0.15, 0.2) is 0 Å². The lowest BCUT2D eigenvalue weighted by Gasteiger charge is -2.35.